The van der Waals surface area contributed by atoms with Crippen molar-refractivity contribution in [2.75, 3.05) is 25.0 Å². The molecule has 3 heterocycles. The normalized spacial score (nSPS) is 20.9. The van der Waals surface area contributed by atoms with Gasteiger partial charge in [0, 0.05) is 31.8 Å². The number of aryl methyl sites for hydroxylation is 1. The fraction of sp³-hybridized carbons (Fsp3) is 0.533. The molecule has 1 aliphatic heterocycles. The number of halogens is 1. The summed E-state index contributed by atoms with van der Waals surface area (Å²) in [6.07, 6.45) is -0.217. The highest BCUT2D eigenvalue weighted by Crippen LogP contribution is 2.27. The van der Waals surface area contributed by atoms with E-state index in [4.69, 9.17) is 4.42 Å². The van der Waals surface area contributed by atoms with Crippen LogP contribution in [0.15, 0.2) is 21.9 Å². The van der Waals surface area contributed by atoms with E-state index < -0.39 is 6.17 Å². The Labute approximate surface area is 137 Å². The number of amides is 1. The monoisotopic (exact) mass is 338 g/mol. The Morgan fingerprint density at radius 3 is 3.04 bits per heavy atom. The zero-order chi connectivity index (χ0) is 16.4. The maximum absolute atomic E-state index is 13.8. The van der Waals surface area contributed by atoms with E-state index in [2.05, 4.69) is 10.2 Å². The van der Waals surface area contributed by atoms with Crippen LogP contribution in [-0.4, -0.2) is 53.4 Å². The quantitative estimate of drug-likeness (QED) is 0.835. The Morgan fingerprint density at radius 2 is 2.39 bits per heavy atom. The average Bonchev–Trinajstić information content (AvgIpc) is 3.21. The maximum atomic E-state index is 13.8. The molecule has 1 saturated heterocycles. The van der Waals surface area contributed by atoms with Crippen LogP contribution in [0.25, 0.3) is 0 Å². The molecule has 1 aliphatic rings. The lowest BCUT2D eigenvalue weighted by Gasteiger charge is -2.27. The molecule has 0 bridgehead atoms. The number of nitrogens with zero attached hydrogens (tertiary/aromatic N) is 4. The van der Waals surface area contributed by atoms with Gasteiger partial charge in [-0.05, 0) is 11.4 Å². The molecule has 0 saturated carbocycles. The largest absolute Gasteiger partial charge is 0.408 e. The molecule has 2 aromatic rings. The van der Waals surface area contributed by atoms with Gasteiger partial charge in [0.05, 0.1) is 19.0 Å². The van der Waals surface area contributed by atoms with Crippen molar-refractivity contribution in [3.63, 3.8) is 0 Å². The summed E-state index contributed by atoms with van der Waals surface area (Å²) in [4.78, 5) is 16.7. The molecule has 23 heavy (non-hydrogen) atoms. The number of hydrogen-bond acceptors (Lipinski definition) is 6. The Balaban J connectivity index is 1.64. The Kier molecular flexibility index (Phi) is 4.61. The van der Waals surface area contributed by atoms with E-state index in [0.717, 1.165) is 4.88 Å². The van der Waals surface area contributed by atoms with E-state index in [1.807, 2.05) is 17.5 Å². The van der Waals surface area contributed by atoms with Crippen LogP contribution in [0, 0.1) is 6.92 Å². The summed E-state index contributed by atoms with van der Waals surface area (Å²) in [6.45, 7) is 2.36. The summed E-state index contributed by atoms with van der Waals surface area (Å²) in [5.74, 6) is 0.472. The van der Waals surface area contributed by atoms with Crippen LogP contribution in [0.1, 0.15) is 17.2 Å². The molecule has 3 rings (SSSR count). The second-order valence-corrected chi connectivity index (χ2v) is 6.81. The molecule has 2 aromatic heterocycles. The summed E-state index contributed by atoms with van der Waals surface area (Å²) in [6, 6.07) is 4.04. The minimum Gasteiger partial charge on any atom is -0.408 e. The molecule has 0 aromatic carbocycles. The molecule has 0 spiro atoms. The van der Waals surface area contributed by atoms with Crippen LogP contribution >= 0.6 is 11.3 Å². The zero-order valence-corrected chi connectivity index (χ0v) is 13.9. The fourth-order valence-corrected chi connectivity index (χ4v) is 3.48. The molecule has 0 N–H and O–H groups in total. The third kappa shape index (κ3) is 3.69. The van der Waals surface area contributed by atoms with E-state index in [0.29, 0.717) is 31.3 Å². The minimum absolute atomic E-state index is 0.0245. The topological polar surface area (TPSA) is 62.5 Å². The van der Waals surface area contributed by atoms with Crippen molar-refractivity contribution in [1.82, 2.24) is 15.1 Å². The molecular formula is C15H19FN4O2S. The molecule has 2 atom stereocenters. The van der Waals surface area contributed by atoms with Gasteiger partial charge >= 0.3 is 6.01 Å². The van der Waals surface area contributed by atoms with Crippen LogP contribution in [0.2, 0.25) is 0 Å². The zero-order valence-electron chi connectivity index (χ0n) is 13.1. The molecule has 8 heteroatoms. The van der Waals surface area contributed by atoms with Crippen LogP contribution in [0.3, 0.4) is 0 Å². The maximum Gasteiger partial charge on any atom is 0.318 e. The van der Waals surface area contributed by atoms with Crippen LogP contribution in [0.4, 0.5) is 10.4 Å². The van der Waals surface area contributed by atoms with Gasteiger partial charge in [-0.3, -0.25) is 4.79 Å². The number of likely N-dealkylation sites (N-methyl/N-ethyl adjacent to an activating group) is 1. The first-order valence-electron chi connectivity index (χ1n) is 7.50. The molecular weight excluding hydrogens is 319 g/mol. The summed E-state index contributed by atoms with van der Waals surface area (Å²) >= 11 is 1.56. The van der Waals surface area contributed by atoms with Gasteiger partial charge in [-0.25, -0.2) is 4.39 Å². The van der Waals surface area contributed by atoms with Gasteiger partial charge in [0.25, 0.3) is 0 Å². The third-order valence-corrected chi connectivity index (χ3v) is 4.82. The lowest BCUT2D eigenvalue weighted by atomic mass is 10.2. The Morgan fingerprint density at radius 1 is 1.57 bits per heavy atom. The number of hydrogen-bond donors (Lipinski definition) is 0. The number of carbonyl (C=O) groups excluding carboxylic acids is 1. The minimum atomic E-state index is -0.951. The molecule has 0 unspecified atom stereocenters. The molecule has 6 nitrogen and oxygen atoms in total. The molecule has 1 fully saturated rings. The smallest absolute Gasteiger partial charge is 0.318 e. The summed E-state index contributed by atoms with van der Waals surface area (Å²) in [5, 5.41) is 9.71. The average molecular weight is 338 g/mol. The van der Waals surface area contributed by atoms with E-state index >= 15 is 0 Å². The molecule has 0 aliphatic carbocycles. The van der Waals surface area contributed by atoms with E-state index in [1.54, 1.807) is 35.1 Å². The number of anilines is 1. The van der Waals surface area contributed by atoms with Gasteiger partial charge in [0.15, 0.2) is 0 Å². The second kappa shape index (κ2) is 6.66. The van der Waals surface area contributed by atoms with Crippen molar-refractivity contribution in [3.05, 3.63) is 28.3 Å². The van der Waals surface area contributed by atoms with E-state index in [9.17, 15) is 9.18 Å². The van der Waals surface area contributed by atoms with Crippen LogP contribution < -0.4 is 4.90 Å². The molecule has 0 radical (unpaired) electrons. The first-order chi connectivity index (χ1) is 11.0. The first-order valence-corrected chi connectivity index (χ1v) is 8.38. The van der Waals surface area contributed by atoms with Crippen molar-refractivity contribution < 1.29 is 13.6 Å². The van der Waals surface area contributed by atoms with Crippen LogP contribution in [-0.2, 0) is 11.2 Å². The third-order valence-electron chi connectivity index (χ3n) is 3.94. The number of alkyl halides is 1. The van der Waals surface area contributed by atoms with Gasteiger partial charge in [-0.2, -0.15) is 0 Å². The summed E-state index contributed by atoms with van der Waals surface area (Å²) in [7, 11) is 1.75. The van der Waals surface area contributed by atoms with Gasteiger partial charge in [-0.1, -0.05) is 11.2 Å². The fourth-order valence-electron chi connectivity index (χ4n) is 2.78. The van der Waals surface area contributed by atoms with Gasteiger partial charge < -0.3 is 14.2 Å². The number of thiophene rings is 1. The Bertz CT molecular complexity index is 660. The Hall–Kier alpha value is -1.96. The second-order valence-electron chi connectivity index (χ2n) is 5.77. The van der Waals surface area contributed by atoms with Gasteiger partial charge in [-0.15, -0.1) is 16.4 Å². The standard InChI is InChI=1S/C15H19FN4O2S/c1-10-17-18-15(22-10)20-8-11(16)6-12(20)9-19(2)14(21)7-13-4-3-5-23-13/h3-5,11-12H,6-9H2,1-2H3/t11-,12-/m0/s1. The predicted octanol–water partition coefficient (Wildman–Crippen LogP) is 2.06. The van der Waals surface area contributed by atoms with Gasteiger partial charge in [0.1, 0.15) is 6.17 Å². The van der Waals surface area contributed by atoms with Crippen molar-refractivity contribution in [2.24, 2.45) is 0 Å². The summed E-state index contributed by atoms with van der Waals surface area (Å²) < 4.78 is 19.2. The lowest BCUT2D eigenvalue weighted by Crippen LogP contribution is -2.42. The number of aromatic nitrogens is 2. The highest BCUT2D eigenvalue weighted by atomic mass is 32.1. The first kappa shape index (κ1) is 15.9. The van der Waals surface area contributed by atoms with Crippen molar-refractivity contribution >= 4 is 23.3 Å². The van der Waals surface area contributed by atoms with Gasteiger partial charge in [0.2, 0.25) is 11.8 Å². The summed E-state index contributed by atoms with van der Waals surface area (Å²) in [5.41, 5.74) is 0. The number of carbonyl (C=O) groups is 1. The highest BCUT2D eigenvalue weighted by Gasteiger charge is 2.36. The van der Waals surface area contributed by atoms with Crippen molar-refractivity contribution in [3.8, 4) is 0 Å². The van der Waals surface area contributed by atoms with E-state index in [-0.39, 0.29) is 18.5 Å². The highest BCUT2D eigenvalue weighted by molar-refractivity contribution is 7.10. The predicted molar refractivity (Wildman–Crippen MR) is 85.3 cm³/mol. The van der Waals surface area contributed by atoms with Crippen molar-refractivity contribution in [2.45, 2.75) is 32.0 Å². The van der Waals surface area contributed by atoms with Crippen LogP contribution in [0.5, 0.6) is 0 Å². The number of rotatable bonds is 5. The SMILES string of the molecule is Cc1nnc(N2C[C@@H](F)C[C@H]2CN(C)C(=O)Cc2cccs2)o1. The van der Waals surface area contributed by atoms with Crippen molar-refractivity contribution in [1.29, 1.82) is 0 Å². The molecule has 124 valence electrons. The van der Waals surface area contributed by atoms with E-state index in [1.165, 1.54) is 0 Å². The molecule has 1 amide bonds. The lowest BCUT2D eigenvalue weighted by molar-refractivity contribution is -0.129.